The number of carbonyl (C=O) groups is 3. The van der Waals surface area contributed by atoms with Gasteiger partial charge in [0.1, 0.15) is 0 Å². The van der Waals surface area contributed by atoms with Crippen molar-refractivity contribution < 1.29 is 14.4 Å². The molecule has 7 heteroatoms. The third-order valence-electron chi connectivity index (χ3n) is 7.46. The van der Waals surface area contributed by atoms with E-state index in [-0.39, 0.29) is 17.7 Å². The van der Waals surface area contributed by atoms with E-state index in [0.29, 0.717) is 56.8 Å². The van der Waals surface area contributed by atoms with Gasteiger partial charge in [-0.15, -0.1) is 0 Å². The van der Waals surface area contributed by atoms with Crippen LogP contribution in [0.15, 0.2) is 66.7 Å². The number of benzene rings is 3. The van der Waals surface area contributed by atoms with Crippen molar-refractivity contribution >= 4 is 29.1 Å². The molecule has 0 aromatic heterocycles. The summed E-state index contributed by atoms with van der Waals surface area (Å²) in [5.74, 6) is -0.0391. The van der Waals surface area contributed by atoms with Crippen molar-refractivity contribution in [3.63, 3.8) is 0 Å². The largest absolute Gasteiger partial charge is 0.342 e. The van der Waals surface area contributed by atoms with Gasteiger partial charge in [0.05, 0.1) is 6.54 Å². The minimum atomic E-state index is -0.220. The van der Waals surface area contributed by atoms with Crippen LogP contribution in [0.25, 0.3) is 11.1 Å². The number of aryl methyl sites for hydroxylation is 1. The summed E-state index contributed by atoms with van der Waals surface area (Å²) < 4.78 is 0. The Kier molecular flexibility index (Phi) is 9.15. The van der Waals surface area contributed by atoms with E-state index in [1.807, 2.05) is 80.3 Å². The molecule has 3 amide bonds. The fourth-order valence-corrected chi connectivity index (χ4v) is 5.07. The van der Waals surface area contributed by atoms with Crippen molar-refractivity contribution in [1.82, 2.24) is 9.80 Å². The van der Waals surface area contributed by atoms with E-state index in [1.165, 1.54) is 0 Å². The van der Waals surface area contributed by atoms with E-state index in [1.54, 1.807) is 11.9 Å². The Bertz CT molecular complexity index is 1330. The van der Waals surface area contributed by atoms with Gasteiger partial charge in [-0.2, -0.15) is 0 Å². The van der Waals surface area contributed by atoms with Crippen LogP contribution in [0.3, 0.4) is 0 Å². The van der Waals surface area contributed by atoms with Crippen molar-refractivity contribution in [3.8, 4) is 11.1 Å². The third kappa shape index (κ3) is 6.55. The van der Waals surface area contributed by atoms with Gasteiger partial charge in [0.2, 0.25) is 11.8 Å². The van der Waals surface area contributed by atoms with Gasteiger partial charge >= 0.3 is 0 Å². The number of nitrogens with zero attached hydrogens (tertiary/aromatic N) is 3. The minimum absolute atomic E-state index is 0.0760. The van der Waals surface area contributed by atoms with Crippen molar-refractivity contribution in [3.05, 3.63) is 83.4 Å². The molecule has 1 aliphatic heterocycles. The lowest BCUT2D eigenvalue weighted by atomic mass is 9.96. The summed E-state index contributed by atoms with van der Waals surface area (Å²) in [5, 5.41) is 3.01. The summed E-state index contributed by atoms with van der Waals surface area (Å²) in [6, 6.07) is 21.6. The molecule has 0 saturated carbocycles. The first-order valence-electron chi connectivity index (χ1n) is 13.7. The second-order valence-corrected chi connectivity index (χ2v) is 9.86. The van der Waals surface area contributed by atoms with Crippen molar-refractivity contribution in [2.75, 3.05) is 43.4 Å². The Hall–Kier alpha value is -3.97. The van der Waals surface area contributed by atoms with Crippen LogP contribution in [0.4, 0.5) is 11.4 Å². The van der Waals surface area contributed by atoms with Gasteiger partial charge in [0.25, 0.3) is 5.91 Å². The molecule has 0 atom stereocenters. The SMILES string of the molecule is CCN(CC(=O)N(CC)CC)Cc1cc(C(=O)Nc2ccc3c(c2)N(C)C(=O)CC3)ccc1-c1ccccc1. The summed E-state index contributed by atoms with van der Waals surface area (Å²) in [4.78, 5) is 44.0. The zero-order valence-electron chi connectivity index (χ0n) is 23.4. The van der Waals surface area contributed by atoms with Gasteiger partial charge in [-0.05, 0) is 73.3 Å². The molecule has 1 aliphatic rings. The average Bonchev–Trinajstić information content (AvgIpc) is 2.96. The third-order valence-corrected chi connectivity index (χ3v) is 7.46. The first-order valence-corrected chi connectivity index (χ1v) is 13.7. The highest BCUT2D eigenvalue weighted by Gasteiger charge is 2.22. The number of fused-ring (bicyclic) bond motifs is 1. The lowest BCUT2D eigenvalue weighted by molar-refractivity contribution is -0.132. The normalized spacial score (nSPS) is 12.8. The molecule has 3 aromatic rings. The molecule has 1 N–H and O–H groups in total. The first kappa shape index (κ1) is 28.0. The Labute approximate surface area is 231 Å². The van der Waals surface area contributed by atoms with Crippen LogP contribution in [0.5, 0.6) is 0 Å². The average molecular weight is 527 g/mol. The molecule has 204 valence electrons. The number of nitrogens with one attached hydrogen (secondary N) is 1. The molecular formula is C32H38N4O3. The van der Waals surface area contributed by atoms with Crippen LogP contribution in [0.1, 0.15) is 48.7 Å². The van der Waals surface area contributed by atoms with Crippen LogP contribution in [-0.2, 0) is 22.6 Å². The van der Waals surface area contributed by atoms with Gasteiger partial charge in [-0.25, -0.2) is 0 Å². The highest BCUT2D eigenvalue weighted by Crippen LogP contribution is 2.30. The van der Waals surface area contributed by atoms with Crippen molar-refractivity contribution in [2.24, 2.45) is 0 Å². The molecule has 3 aromatic carbocycles. The van der Waals surface area contributed by atoms with Crippen molar-refractivity contribution in [1.29, 1.82) is 0 Å². The lowest BCUT2D eigenvalue weighted by Crippen LogP contribution is -2.40. The second-order valence-electron chi connectivity index (χ2n) is 9.86. The van der Waals surface area contributed by atoms with E-state index in [2.05, 4.69) is 22.3 Å². The van der Waals surface area contributed by atoms with Gasteiger partial charge in [-0.1, -0.05) is 49.4 Å². The van der Waals surface area contributed by atoms with Crippen LogP contribution in [-0.4, -0.2) is 60.7 Å². The minimum Gasteiger partial charge on any atom is -0.342 e. The standard InChI is InChI=1S/C32H38N4O3/c1-5-35(22-31(38)36(6-2)7-3)21-26-19-25(14-17-28(26)23-11-9-8-10-12-23)32(39)33-27-16-13-24-15-18-30(37)34(4)29(24)20-27/h8-14,16-17,19-20H,5-7,15,18,21-22H2,1-4H3,(H,33,39). The number of rotatable bonds is 10. The highest BCUT2D eigenvalue weighted by molar-refractivity contribution is 6.05. The lowest BCUT2D eigenvalue weighted by Gasteiger charge is -2.26. The summed E-state index contributed by atoms with van der Waals surface area (Å²) in [6.45, 7) is 8.97. The number of carbonyl (C=O) groups excluding carboxylic acids is 3. The fourth-order valence-electron chi connectivity index (χ4n) is 5.07. The molecule has 4 rings (SSSR count). The maximum absolute atomic E-state index is 13.4. The zero-order chi connectivity index (χ0) is 27.9. The van der Waals surface area contributed by atoms with Crippen LogP contribution < -0.4 is 10.2 Å². The summed E-state index contributed by atoms with van der Waals surface area (Å²) in [5.41, 5.74) is 6.21. The van der Waals surface area contributed by atoms with Crippen LogP contribution >= 0.6 is 0 Å². The molecule has 0 bridgehead atoms. The van der Waals surface area contributed by atoms with Crippen LogP contribution in [0, 0.1) is 0 Å². The van der Waals surface area contributed by atoms with E-state index < -0.39 is 0 Å². The van der Waals surface area contributed by atoms with E-state index in [0.717, 1.165) is 27.9 Å². The van der Waals surface area contributed by atoms with E-state index in [4.69, 9.17) is 0 Å². The molecule has 7 nitrogen and oxygen atoms in total. The molecule has 0 spiro atoms. The molecule has 0 unspecified atom stereocenters. The van der Waals surface area contributed by atoms with Crippen LogP contribution in [0.2, 0.25) is 0 Å². The number of likely N-dealkylation sites (N-methyl/N-ethyl adjacent to an activating group) is 2. The smallest absolute Gasteiger partial charge is 0.255 e. The van der Waals surface area contributed by atoms with E-state index in [9.17, 15) is 14.4 Å². The number of hydrogen-bond acceptors (Lipinski definition) is 4. The van der Waals surface area contributed by atoms with Crippen molar-refractivity contribution in [2.45, 2.75) is 40.2 Å². The number of anilines is 2. The molecule has 39 heavy (non-hydrogen) atoms. The Balaban J connectivity index is 1.60. The summed E-state index contributed by atoms with van der Waals surface area (Å²) in [7, 11) is 1.77. The molecular weight excluding hydrogens is 488 g/mol. The highest BCUT2D eigenvalue weighted by atomic mass is 16.2. The molecule has 0 saturated heterocycles. The maximum atomic E-state index is 13.4. The van der Waals surface area contributed by atoms with Gasteiger partial charge in [-0.3, -0.25) is 19.3 Å². The predicted octanol–water partition coefficient (Wildman–Crippen LogP) is 5.21. The van der Waals surface area contributed by atoms with Gasteiger partial charge in [0, 0.05) is 50.0 Å². The first-order chi connectivity index (χ1) is 18.8. The topological polar surface area (TPSA) is 73.0 Å². The van der Waals surface area contributed by atoms with E-state index >= 15 is 0 Å². The fraction of sp³-hybridized carbons (Fsp3) is 0.344. The molecule has 0 aliphatic carbocycles. The molecule has 0 radical (unpaired) electrons. The van der Waals surface area contributed by atoms with Gasteiger partial charge < -0.3 is 15.1 Å². The Morgan fingerprint density at radius 1 is 0.897 bits per heavy atom. The maximum Gasteiger partial charge on any atom is 0.255 e. The molecule has 1 heterocycles. The predicted molar refractivity (Wildman–Crippen MR) is 157 cm³/mol. The Morgan fingerprint density at radius 3 is 2.33 bits per heavy atom. The second kappa shape index (κ2) is 12.7. The quantitative estimate of drug-likeness (QED) is 0.394. The summed E-state index contributed by atoms with van der Waals surface area (Å²) in [6.07, 6.45) is 1.21. The summed E-state index contributed by atoms with van der Waals surface area (Å²) >= 11 is 0. The van der Waals surface area contributed by atoms with Gasteiger partial charge in [0.15, 0.2) is 0 Å². The Morgan fingerprint density at radius 2 is 1.64 bits per heavy atom. The monoisotopic (exact) mass is 526 g/mol. The number of amides is 3. The zero-order valence-corrected chi connectivity index (χ0v) is 23.4. The number of hydrogen-bond donors (Lipinski definition) is 1. The molecule has 0 fully saturated rings.